The second kappa shape index (κ2) is 13.7. The maximum Gasteiger partial charge on any atom is 0.252 e. The third kappa shape index (κ3) is 5.34. The minimum absolute atomic E-state index is 0.00614. The molecule has 6 aliphatic rings. The third-order valence-electron chi connectivity index (χ3n) is 18.9. The van der Waals surface area contributed by atoms with Crippen molar-refractivity contribution in [1.82, 2.24) is 0 Å². The summed E-state index contributed by atoms with van der Waals surface area (Å²) in [5.41, 5.74) is 25.2. The van der Waals surface area contributed by atoms with Crippen LogP contribution >= 0.6 is 0 Å². The lowest BCUT2D eigenvalue weighted by atomic mass is 9.32. The summed E-state index contributed by atoms with van der Waals surface area (Å²) in [5, 5.41) is 0. The highest BCUT2D eigenvalue weighted by molar-refractivity contribution is 7.00. The topological polar surface area (TPSA) is 9.72 Å². The van der Waals surface area contributed by atoms with Crippen LogP contribution in [0.15, 0.2) is 109 Å². The number of anilines is 7. The van der Waals surface area contributed by atoms with Gasteiger partial charge < -0.3 is 14.7 Å². The van der Waals surface area contributed by atoms with E-state index in [1.54, 1.807) is 5.56 Å². The molecule has 4 unspecified atom stereocenters. The molecule has 0 saturated heterocycles. The Labute approximate surface area is 396 Å². The first-order valence-electron chi connectivity index (χ1n) is 25.5. The molecule has 4 heteroatoms. The van der Waals surface area contributed by atoms with E-state index in [2.05, 4.69) is 207 Å². The van der Waals surface area contributed by atoms with Crippen LogP contribution in [-0.4, -0.2) is 17.8 Å². The van der Waals surface area contributed by atoms with Crippen LogP contribution in [0.1, 0.15) is 154 Å². The van der Waals surface area contributed by atoms with E-state index in [1.165, 1.54) is 147 Å². The number of fused-ring (bicyclic) bond motifs is 10. The van der Waals surface area contributed by atoms with Gasteiger partial charge in [-0.25, -0.2) is 0 Å². The van der Waals surface area contributed by atoms with Crippen LogP contribution in [0.5, 0.6) is 0 Å². The van der Waals surface area contributed by atoms with Gasteiger partial charge >= 0.3 is 0 Å². The van der Waals surface area contributed by atoms with Gasteiger partial charge in [-0.05, 0) is 150 Å². The molecule has 0 spiro atoms. The van der Waals surface area contributed by atoms with Crippen molar-refractivity contribution < 1.29 is 0 Å². The second-order valence-electron chi connectivity index (χ2n) is 24.5. The Morgan fingerprint density at radius 3 is 1.79 bits per heavy atom. The Bertz CT molecular complexity index is 3020. The maximum atomic E-state index is 2.97. The van der Waals surface area contributed by atoms with Gasteiger partial charge in [0.25, 0.3) is 6.71 Å². The number of benzene rings is 6. The predicted octanol–water partition coefficient (Wildman–Crippen LogP) is 14.7. The minimum atomic E-state index is -0.0770. The molecule has 6 aromatic rings. The van der Waals surface area contributed by atoms with Gasteiger partial charge in [-0.1, -0.05) is 159 Å². The van der Waals surface area contributed by atoms with Gasteiger partial charge in [-0.15, -0.1) is 0 Å². The SMILES string of the molecule is Cc1cc(C)c2c3c1B1c4cc(C(C)(C)C)ccc4N(c4ccc(C(C)(C)C)cc4-c4ccccc4)c4cc(N5c6ccccc6C6(C)CCCCC56C)cc(c41)N3C1(C)CCCCC21C. The molecule has 4 atom stereocenters. The highest BCUT2D eigenvalue weighted by atomic mass is 15.3. The Kier molecular flexibility index (Phi) is 8.75. The molecule has 2 saturated carbocycles. The molecule has 6 aromatic carbocycles. The fourth-order valence-electron chi connectivity index (χ4n) is 15.0. The molecule has 0 aromatic heterocycles. The Hall–Kier alpha value is -5.22. The summed E-state index contributed by atoms with van der Waals surface area (Å²) >= 11 is 0. The fraction of sp³-hybridized carbons (Fsp3) is 0.419. The van der Waals surface area contributed by atoms with Crippen molar-refractivity contribution in [1.29, 1.82) is 0 Å². The summed E-state index contributed by atoms with van der Waals surface area (Å²) in [6.45, 7) is 29.6. The molecule has 336 valence electrons. The van der Waals surface area contributed by atoms with Gasteiger partial charge in [0.2, 0.25) is 0 Å². The van der Waals surface area contributed by atoms with E-state index in [-0.39, 0.29) is 39.5 Å². The van der Waals surface area contributed by atoms with Gasteiger partial charge in [-0.2, -0.15) is 0 Å². The van der Waals surface area contributed by atoms with Crippen molar-refractivity contribution in [3.05, 3.63) is 143 Å². The lowest BCUT2D eigenvalue weighted by Crippen LogP contribution is -2.65. The van der Waals surface area contributed by atoms with Crippen LogP contribution in [-0.2, 0) is 21.7 Å². The van der Waals surface area contributed by atoms with Crippen molar-refractivity contribution in [3.63, 3.8) is 0 Å². The summed E-state index contributed by atoms with van der Waals surface area (Å²) in [7, 11) is 0. The van der Waals surface area contributed by atoms with Crippen molar-refractivity contribution in [2.75, 3.05) is 14.7 Å². The van der Waals surface area contributed by atoms with Crippen molar-refractivity contribution >= 4 is 62.9 Å². The van der Waals surface area contributed by atoms with Crippen molar-refractivity contribution in [2.24, 2.45) is 0 Å². The molecule has 0 amide bonds. The van der Waals surface area contributed by atoms with Crippen molar-refractivity contribution in [3.8, 4) is 11.1 Å². The molecular weight excluding hydrogens is 798 g/mol. The zero-order valence-corrected chi connectivity index (χ0v) is 42.0. The first-order chi connectivity index (χ1) is 31.3. The maximum absolute atomic E-state index is 2.97. The van der Waals surface area contributed by atoms with Crippen LogP contribution in [0, 0.1) is 13.8 Å². The zero-order chi connectivity index (χ0) is 46.1. The van der Waals surface area contributed by atoms with E-state index >= 15 is 0 Å². The first-order valence-corrected chi connectivity index (χ1v) is 25.5. The number of aryl methyl sites for hydroxylation is 2. The van der Waals surface area contributed by atoms with Crippen LogP contribution in [0.25, 0.3) is 11.1 Å². The average molecular weight is 868 g/mol. The van der Waals surface area contributed by atoms with Crippen LogP contribution in [0.4, 0.5) is 39.8 Å². The molecule has 3 nitrogen and oxygen atoms in total. The molecular formula is C62H70BN3. The van der Waals surface area contributed by atoms with Crippen LogP contribution < -0.4 is 31.1 Å². The predicted molar refractivity (Wildman–Crippen MR) is 284 cm³/mol. The highest BCUT2D eigenvalue weighted by Gasteiger charge is 2.63. The molecule has 0 N–H and O–H groups in total. The van der Waals surface area contributed by atoms with E-state index in [0.717, 1.165) is 0 Å². The number of hydrogen-bond acceptors (Lipinski definition) is 3. The number of rotatable bonds is 3. The molecule has 2 fully saturated rings. The van der Waals surface area contributed by atoms with Gasteiger partial charge in [0, 0.05) is 50.5 Å². The van der Waals surface area contributed by atoms with Gasteiger partial charge in [0.15, 0.2) is 0 Å². The van der Waals surface area contributed by atoms with E-state index in [0.29, 0.717) is 0 Å². The average Bonchev–Trinajstić information content (AvgIpc) is 3.63. The van der Waals surface area contributed by atoms with Gasteiger partial charge in [0.05, 0.1) is 16.8 Å². The smallest absolute Gasteiger partial charge is 0.252 e. The summed E-state index contributed by atoms with van der Waals surface area (Å²) in [6.07, 6.45) is 9.86. The zero-order valence-electron chi connectivity index (χ0n) is 42.0. The minimum Gasteiger partial charge on any atom is -0.335 e. The molecule has 4 aliphatic heterocycles. The van der Waals surface area contributed by atoms with E-state index in [1.807, 2.05) is 0 Å². The Morgan fingerprint density at radius 2 is 1.09 bits per heavy atom. The van der Waals surface area contributed by atoms with Crippen LogP contribution in [0.3, 0.4) is 0 Å². The standard InChI is InChI=1S/C62H70BN3/c1-39-34-40(2)54-56-53(39)60(10)31-19-21-33-62(60,12)66(56)52-38-44(65-49-25-17-16-24-46(49)59(9)30-18-20-32-61(59,65)11)37-51-55(52)63(54)47-36-43(58(6,7)8)27-29-50(47)64(51)48-28-26-42(57(3,4)5)35-45(48)41-22-14-13-15-23-41/h13-17,22-29,34-38H,18-21,30-33H2,1-12H3. The van der Waals surface area contributed by atoms with E-state index < -0.39 is 0 Å². The van der Waals surface area contributed by atoms with Gasteiger partial charge in [0.1, 0.15) is 0 Å². The number of para-hydroxylation sites is 1. The number of hydrogen-bond donors (Lipinski definition) is 0. The Balaban J connectivity index is 1.25. The normalized spacial score (nSPS) is 25.8. The lowest BCUT2D eigenvalue weighted by molar-refractivity contribution is 0.193. The van der Waals surface area contributed by atoms with E-state index in [4.69, 9.17) is 0 Å². The first kappa shape index (κ1) is 42.2. The molecule has 66 heavy (non-hydrogen) atoms. The Morgan fingerprint density at radius 1 is 0.500 bits per heavy atom. The summed E-state index contributed by atoms with van der Waals surface area (Å²) in [4.78, 5) is 8.55. The summed E-state index contributed by atoms with van der Waals surface area (Å²) in [5.74, 6) is 0. The molecule has 0 radical (unpaired) electrons. The molecule has 0 bridgehead atoms. The third-order valence-corrected chi connectivity index (χ3v) is 18.9. The molecule has 4 heterocycles. The monoisotopic (exact) mass is 868 g/mol. The van der Waals surface area contributed by atoms with Crippen LogP contribution in [0.2, 0.25) is 0 Å². The second-order valence-corrected chi connectivity index (χ2v) is 24.5. The summed E-state index contributed by atoms with van der Waals surface area (Å²) in [6, 6.07) is 43.6. The fourth-order valence-corrected chi connectivity index (χ4v) is 15.0. The quantitative estimate of drug-likeness (QED) is 0.164. The molecule has 2 aliphatic carbocycles. The lowest BCUT2D eigenvalue weighted by Gasteiger charge is -2.54. The van der Waals surface area contributed by atoms with Crippen molar-refractivity contribution in [2.45, 2.75) is 167 Å². The number of nitrogens with zero attached hydrogens (tertiary/aromatic N) is 3. The highest BCUT2D eigenvalue weighted by Crippen LogP contribution is 2.65. The molecule has 12 rings (SSSR count). The largest absolute Gasteiger partial charge is 0.335 e. The van der Waals surface area contributed by atoms with E-state index in [9.17, 15) is 0 Å². The van der Waals surface area contributed by atoms with Gasteiger partial charge in [-0.3, -0.25) is 0 Å². The summed E-state index contributed by atoms with van der Waals surface area (Å²) < 4.78 is 0.